The van der Waals surface area contributed by atoms with E-state index in [1.165, 1.54) is 186 Å². The summed E-state index contributed by atoms with van der Waals surface area (Å²) in [7, 11) is 0. The van der Waals surface area contributed by atoms with Crippen LogP contribution < -0.4 is 29.6 Å². The van der Waals surface area contributed by atoms with Crippen LogP contribution in [0.25, 0.3) is 0 Å². The molecular formula is C100H171BNaO6. The molecule has 26 atom stereocenters. The van der Waals surface area contributed by atoms with Crippen molar-refractivity contribution in [2.45, 2.75) is 431 Å². The van der Waals surface area contributed by atoms with Gasteiger partial charge in [0, 0.05) is 20.8 Å². The first kappa shape index (κ1) is 90.1. The summed E-state index contributed by atoms with van der Waals surface area (Å²) >= 11 is 0. The molecule has 5 N–H and O–H groups in total. The van der Waals surface area contributed by atoms with E-state index in [1.807, 2.05) is 0 Å². The van der Waals surface area contributed by atoms with Crippen LogP contribution in [-0.2, 0) is 4.79 Å². The van der Waals surface area contributed by atoms with E-state index in [-0.39, 0.29) is 64.9 Å². The van der Waals surface area contributed by atoms with Gasteiger partial charge >= 0.3 is 29.6 Å². The molecule has 0 bridgehead atoms. The van der Waals surface area contributed by atoms with E-state index in [2.05, 4.69) is 143 Å². The maximum absolute atomic E-state index is 13.6. The summed E-state index contributed by atoms with van der Waals surface area (Å²) in [4.78, 5) is 13.6. The van der Waals surface area contributed by atoms with Crippen LogP contribution in [0, 0.1) is 155 Å². The first-order valence-corrected chi connectivity index (χ1v) is 46.4. The van der Waals surface area contributed by atoms with E-state index in [9.17, 15) is 30.3 Å². The van der Waals surface area contributed by atoms with Crippen LogP contribution in [0.2, 0.25) is 0 Å². The number of aliphatic hydroxyl groups is 5. The van der Waals surface area contributed by atoms with Gasteiger partial charge in [0.05, 0.1) is 29.0 Å². The molecule has 0 amide bonds. The Morgan fingerprint density at radius 2 is 0.667 bits per heavy atom. The largest absolute Gasteiger partial charge is 1.00 e. The van der Waals surface area contributed by atoms with Crippen molar-refractivity contribution in [1.82, 2.24) is 0 Å². The minimum atomic E-state index is -0.469. The first-order valence-electron chi connectivity index (χ1n) is 46.4. The molecule has 0 saturated heterocycles. The second kappa shape index (κ2) is 33.5. The molecule has 6 nitrogen and oxygen atoms in total. The Labute approximate surface area is 691 Å². The zero-order chi connectivity index (χ0) is 75.7. The molecule has 15 rings (SSSR count). The number of hydrogen-bond acceptors (Lipinski definition) is 6. The standard InChI is InChI=1S/2C33H56O2.C33H54O2.CH4.B.Na.H/c3*1-7-33(35)19-18-31(5)24(21-33)8-9-25-27-11-10-26(32(27,6)17-14-28(25)31)22(2)29(34)20-23-12-15-30(3,4)16-13-23;;;;/h2*8,22-23,25-29,34-35H,7,9-21H2,1-6H3;8,22-23,25-28,35H,7,9-21H2,1-6H3;1H4;;;/q;;;;;+1;-1/t22-,25-,26+,27-,28-,29+,31-,32+,33-;22-,25-,26+,27-,28-,29-,31-,32+,33-;22-,25-,26+,27-,28-,31-,32+,33-;;;;/m000..../s1. The third-order valence-electron chi connectivity index (χ3n) is 39.6. The third-order valence-corrected chi connectivity index (χ3v) is 39.6. The summed E-state index contributed by atoms with van der Waals surface area (Å²) in [5, 5.41) is 56.0. The second-order valence-corrected chi connectivity index (χ2v) is 46.3. The maximum atomic E-state index is 13.6. The van der Waals surface area contributed by atoms with E-state index in [0.29, 0.717) is 90.0 Å². The van der Waals surface area contributed by atoms with Crippen molar-refractivity contribution in [3.63, 3.8) is 0 Å². The van der Waals surface area contributed by atoms with Crippen LogP contribution in [0.5, 0.6) is 0 Å². The molecule has 0 aliphatic heterocycles. The van der Waals surface area contributed by atoms with Crippen molar-refractivity contribution in [1.29, 1.82) is 0 Å². The summed E-state index contributed by atoms with van der Waals surface area (Å²) in [6.07, 6.45) is 57.5. The van der Waals surface area contributed by atoms with Gasteiger partial charge < -0.3 is 27.0 Å². The molecule has 0 aromatic carbocycles. The first-order chi connectivity index (χ1) is 49.2. The van der Waals surface area contributed by atoms with Gasteiger partial charge in [-0.05, 0) is 413 Å². The van der Waals surface area contributed by atoms with E-state index in [4.69, 9.17) is 0 Å². The number of rotatable bonds is 15. The Kier molecular flexibility index (Phi) is 28.0. The molecule has 611 valence electrons. The fraction of sp³-hybridized carbons (Fsp3) is 0.930. The molecule has 0 aromatic heterocycles. The molecule has 8 heteroatoms. The summed E-state index contributed by atoms with van der Waals surface area (Å²) < 4.78 is 0. The summed E-state index contributed by atoms with van der Waals surface area (Å²) in [6, 6.07) is 0. The van der Waals surface area contributed by atoms with Crippen molar-refractivity contribution in [3.05, 3.63) is 34.9 Å². The van der Waals surface area contributed by atoms with Crippen LogP contribution in [0.1, 0.15) is 403 Å². The summed E-state index contributed by atoms with van der Waals surface area (Å²) in [5.41, 5.74) is 6.92. The Morgan fingerprint density at radius 3 is 0.963 bits per heavy atom. The van der Waals surface area contributed by atoms with Crippen LogP contribution in [0.3, 0.4) is 0 Å². The minimum Gasteiger partial charge on any atom is -1.00 e. The van der Waals surface area contributed by atoms with Gasteiger partial charge in [0.15, 0.2) is 0 Å². The van der Waals surface area contributed by atoms with Crippen LogP contribution >= 0.6 is 0 Å². The van der Waals surface area contributed by atoms with E-state index >= 15 is 0 Å². The van der Waals surface area contributed by atoms with Crippen molar-refractivity contribution in [2.24, 2.45) is 155 Å². The number of allylic oxidation sites excluding steroid dienone is 3. The fourth-order valence-electron chi connectivity index (χ4n) is 31.1. The smallest absolute Gasteiger partial charge is 1.00 e. The van der Waals surface area contributed by atoms with Gasteiger partial charge in [-0.1, -0.05) is 167 Å². The Morgan fingerprint density at radius 1 is 0.389 bits per heavy atom. The van der Waals surface area contributed by atoms with Gasteiger partial charge in [-0.2, -0.15) is 0 Å². The Bertz CT molecular complexity index is 2990. The van der Waals surface area contributed by atoms with Gasteiger partial charge in [0.2, 0.25) is 0 Å². The second-order valence-electron chi connectivity index (χ2n) is 46.3. The fourth-order valence-corrected chi connectivity index (χ4v) is 31.1. The normalized spacial score (nSPS) is 45.6. The Hall–Kier alpha value is -0.245. The van der Waals surface area contributed by atoms with E-state index in [0.717, 1.165) is 149 Å². The molecule has 0 unspecified atom stereocenters. The Balaban J connectivity index is 0.000000185. The molecule has 12 saturated carbocycles. The van der Waals surface area contributed by atoms with Gasteiger partial charge in [0.25, 0.3) is 0 Å². The zero-order valence-corrected chi connectivity index (χ0v) is 75.2. The number of ketones is 1. The number of Topliss-reactive ketones (excluding diaryl/α,β-unsaturated/α-hetero) is 1. The van der Waals surface area contributed by atoms with Crippen LogP contribution in [-0.4, -0.2) is 68.7 Å². The van der Waals surface area contributed by atoms with Crippen LogP contribution in [0.4, 0.5) is 0 Å². The third kappa shape index (κ3) is 17.1. The molecule has 0 heterocycles. The molecule has 12 fully saturated rings. The molecule has 108 heavy (non-hydrogen) atoms. The number of hydrogen-bond donors (Lipinski definition) is 5. The number of fused-ring (bicyclic) bond motifs is 15. The molecule has 0 spiro atoms. The van der Waals surface area contributed by atoms with Crippen LogP contribution in [0.15, 0.2) is 34.9 Å². The van der Waals surface area contributed by atoms with Gasteiger partial charge in [-0.15, -0.1) is 0 Å². The molecular weight excluding hydrogens is 1330 g/mol. The summed E-state index contributed by atoms with van der Waals surface area (Å²) in [5.74, 6) is 12.9. The van der Waals surface area contributed by atoms with Crippen molar-refractivity contribution in [3.8, 4) is 0 Å². The molecule has 0 aromatic rings. The van der Waals surface area contributed by atoms with Gasteiger partial charge in [-0.25, -0.2) is 0 Å². The average molecular weight is 1500 g/mol. The summed E-state index contributed by atoms with van der Waals surface area (Å²) in [6.45, 7) is 43.5. The zero-order valence-electron chi connectivity index (χ0n) is 74.2. The number of carbonyl (C=O) groups excluding carboxylic acids is 1. The molecule has 15 aliphatic carbocycles. The molecule has 15 aliphatic rings. The van der Waals surface area contributed by atoms with Gasteiger partial charge in [-0.3, -0.25) is 4.79 Å². The van der Waals surface area contributed by atoms with Crippen molar-refractivity contribution >= 4 is 14.2 Å². The van der Waals surface area contributed by atoms with E-state index < -0.39 is 16.8 Å². The van der Waals surface area contributed by atoms with Crippen molar-refractivity contribution < 1.29 is 61.3 Å². The minimum absolute atomic E-state index is 0. The topological polar surface area (TPSA) is 118 Å². The SMILES string of the molecule is C.CC[C@]1(O)CC[C@@]2(C)C(=CC[C@H]3[C@@H]4CC[C@H]([C@H](C)C(=O)CC5CCC(C)(C)CC5)[C@@]4(C)CC[C@@H]32)C1.CC[C@]1(O)CC[C@@]2(C)C(=CC[C@H]3[C@@H]4CC[C@H]([C@H](C)[C@@H](O)CC5CCC(C)(C)CC5)[C@@]4(C)CC[C@@H]32)C1.CC[C@]1(O)CC[C@@]2(C)C(=CC[C@H]3[C@@H]4CC[C@H]([C@H](C)[C@H](O)CC5CCC(C)(C)CC5)[C@@]4(C)CC[C@@H]32)C1.[B].[H-].[Na+]. The van der Waals surface area contributed by atoms with Crippen molar-refractivity contribution in [2.75, 3.05) is 0 Å². The predicted molar refractivity (Wildman–Crippen MR) is 450 cm³/mol. The monoisotopic (exact) mass is 1500 g/mol. The van der Waals surface area contributed by atoms with Gasteiger partial charge in [0.1, 0.15) is 5.78 Å². The van der Waals surface area contributed by atoms with E-state index in [1.54, 1.807) is 16.7 Å². The predicted octanol–water partition coefficient (Wildman–Crippen LogP) is 22.5. The molecule has 3 radical (unpaired) electrons. The quantitative estimate of drug-likeness (QED) is 0.0824. The number of carbonyl (C=O) groups is 1. The maximum Gasteiger partial charge on any atom is 1.00 e. The number of aliphatic hydroxyl groups excluding tert-OH is 2. The average Bonchev–Trinajstić information content (AvgIpc) is 1.69.